The minimum absolute atomic E-state index is 0.248. The molecule has 6 N–H and O–H groups in total. The molecule has 0 spiro atoms. The van der Waals surface area contributed by atoms with E-state index in [1.54, 1.807) is 30.3 Å². The Morgan fingerprint density at radius 2 is 1.79 bits per heavy atom. The molecule has 0 saturated carbocycles. The molecule has 2 amide bonds. The van der Waals surface area contributed by atoms with E-state index in [1.165, 1.54) is 42.7 Å². The van der Waals surface area contributed by atoms with Crippen LogP contribution in [0.1, 0.15) is 21.5 Å². The molecule has 10 nitrogen and oxygen atoms in total. The van der Waals surface area contributed by atoms with Gasteiger partial charge in [0.15, 0.2) is 0 Å². The van der Waals surface area contributed by atoms with Crippen molar-refractivity contribution < 1.29 is 19.1 Å². The number of esters is 1. The topological polar surface area (TPSA) is 152 Å². The van der Waals surface area contributed by atoms with Crippen LogP contribution in [0.3, 0.4) is 0 Å². The predicted octanol–water partition coefficient (Wildman–Crippen LogP) is 3.09. The number of hydrogen-bond donors (Lipinski definition) is 4. The largest absolute Gasteiger partial charge is 0.465 e. The molecule has 3 aromatic carbocycles. The number of ether oxygens (including phenoxy) is 1. The first-order valence-electron chi connectivity index (χ1n) is 11.4. The number of hydrazine groups is 1. The zero-order valence-corrected chi connectivity index (χ0v) is 21.3. The second-order valence-electron chi connectivity index (χ2n) is 8.02. The maximum atomic E-state index is 13.2. The number of amides is 2. The normalized spacial score (nSPS) is 11.8. The van der Waals surface area contributed by atoms with Gasteiger partial charge in [0, 0.05) is 28.8 Å². The van der Waals surface area contributed by atoms with E-state index >= 15 is 0 Å². The van der Waals surface area contributed by atoms with E-state index in [9.17, 15) is 14.4 Å². The number of methoxy groups -OCH3 is 1. The number of carbonyl (C=O) groups excluding carboxylic acids is 3. The Bertz CT molecular complexity index is 1330. The van der Waals surface area contributed by atoms with Crippen molar-refractivity contribution in [1.29, 1.82) is 0 Å². The molecule has 1 atom stereocenters. The molecule has 38 heavy (non-hydrogen) atoms. The SMILES string of the molecule is COC(=O)c1ccc(NC(=O)[C@H](Cc2ccccc2)NC(=O)/C=C/c2cc(Cl)ccc2N(N)/C=N\N)cc1. The Kier molecular flexibility index (Phi) is 9.98. The molecule has 0 aliphatic rings. The number of anilines is 2. The summed E-state index contributed by atoms with van der Waals surface area (Å²) in [4.78, 5) is 37.7. The van der Waals surface area contributed by atoms with E-state index in [0.717, 1.165) is 5.56 Å². The quantitative estimate of drug-likeness (QED) is 0.0778. The summed E-state index contributed by atoms with van der Waals surface area (Å²) in [6.45, 7) is 0. The average Bonchev–Trinajstić information content (AvgIpc) is 2.92. The zero-order valence-electron chi connectivity index (χ0n) is 20.5. The van der Waals surface area contributed by atoms with Crippen LogP contribution >= 0.6 is 11.6 Å². The van der Waals surface area contributed by atoms with Crippen LogP contribution in [0.2, 0.25) is 5.02 Å². The lowest BCUT2D eigenvalue weighted by atomic mass is 10.0. The van der Waals surface area contributed by atoms with Crippen LogP contribution in [0.4, 0.5) is 11.4 Å². The fourth-order valence-corrected chi connectivity index (χ4v) is 3.69. The van der Waals surface area contributed by atoms with Crippen LogP contribution in [0.15, 0.2) is 84.0 Å². The summed E-state index contributed by atoms with van der Waals surface area (Å²) in [6.07, 6.45) is 4.25. The highest BCUT2D eigenvalue weighted by atomic mass is 35.5. The zero-order chi connectivity index (χ0) is 27.5. The summed E-state index contributed by atoms with van der Waals surface area (Å²) in [5.74, 6) is 9.67. The first-order valence-corrected chi connectivity index (χ1v) is 11.8. The maximum absolute atomic E-state index is 13.2. The number of nitrogens with one attached hydrogen (secondary N) is 2. The van der Waals surface area contributed by atoms with Gasteiger partial charge < -0.3 is 21.2 Å². The highest BCUT2D eigenvalue weighted by Crippen LogP contribution is 2.23. The van der Waals surface area contributed by atoms with Gasteiger partial charge in [-0.05, 0) is 54.1 Å². The van der Waals surface area contributed by atoms with Gasteiger partial charge in [-0.25, -0.2) is 10.6 Å². The fourth-order valence-electron chi connectivity index (χ4n) is 3.51. The van der Waals surface area contributed by atoms with Crippen molar-refractivity contribution in [2.45, 2.75) is 12.5 Å². The van der Waals surface area contributed by atoms with Crippen LogP contribution < -0.4 is 27.3 Å². The van der Waals surface area contributed by atoms with E-state index in [0.29, 0.717) is 27.5 Å². The molecule has 0 aromatic heterocycles. The fraction of sp³-hybridized carbons (Fsp3) is 0.111. The molecule has 0 heterocycles. The van der Waals surface area contributed by atoms with Gasteiger partial charge in [0.2, 0.25) is 11.8 Å². The third-order valence-electron chi connectivity index (χ3n) is 5.36. The average molecular weight is 535 g/mol. The number of benzene rings is 3. The van der Waals surface area contributed by atoms with Gasteiger partial charge in [0.05, 0.1) is 18.4 Å². The van der Waals surface area contributed by atoms with Gasteiger partial charge in [0.25, 0.3) is 0 Å². The first kappa shape index (κ1) is 27.9. The Morgan fingerprint density at radius 3 is 2.45 bits per heavy atom. The summed E-state index contributed by atoms with van der Waals surface area (Å²) in [5.41, 5.74) is 2.69. The summed E-state index contributed by atoms with van der Waals surface area (Å²) in [6, 6.07) is 19.5. The number of hydrogen-bond acceptors (Lipinski definition) is 7. The lowest BCUT2D eigenvalue weighted by molar-refractivity contribution is -0.123. The number of carbonyl (C=O) groups is 3. The van der Waals surface area contributed by atoms with Gasteiger partial charge >= 0.3 is 5.97 Å². The Balaban J connectivity index is 1.78. The lowest BCUT2D eigenvalue weighted by Gasteiger charge is -2.18. The van der Waals surface area contributed by atoms with E-state index < -0.39 is 23.8 Å². The molecular formula is C27H27ClN6O4. The Morgan fingerprint density at radius 1 is 1.08 bits per heavy atom. The van der Waals surface area contributed by atoms with Crippen LogP contribution in [0.5, 0.6) is 0 Å². The molecule has 0 fully saturated rings. The van der Waals surface area contributed by atoms with Gasteiger partial charge in [-0.3, -0.25) is 14.6 Å². The van der Waals surface area contributed by atoms with E-state index in [1.807, 2.05) is 30.3 Å². The monoisotopic (exact) mass is 534 g/mol. The van der Waals surface area contributed by atoms with Crippen LogP contribution in [0.25, 0.3) is 6.08 Å². The molecule has 0 radical (unpaired) electrons. The predicted molar refractivity (Wildman–Crippen MR) is 148 cm³/mol. The van der Waals surface area contributed by atoms with Gasteiger partial charge in [-0.2, -0.15) is 5.10 Å². The van der Waals surface area contributed by atoms with E-state index in [2.05, 4.69) is 15.7 Å². The molecule has 0 aliphatic heterocycles. The van der Waals surface area contributed by atoms with Crippen molar-refractivity contribution in [1.82, 2.24) is 5.32 Å². The third-order valence-corrected chi connectivity index (χ3v) is 5.60. The minimum atomic E-state index is -0.899. The number of rotatable bonds is 10. The van der Waals surface area contributed by atoms with Crippen molar-refractivity contribution in [2.24, 2.45) is 16.8 Å². The number of nitrogens with zero attached hydrogens (tertiary/aromatic N) is 2. The van der Waals surface area contributed by atoms with Crippen molar-refractivity contribution in [2.75, 3.05) is 17.4 Å². The van der Waals surface area contributed by atoms with Crippen molar-refractivity contribution in [3.8, 4) is 0 Å². The lowest BCUT2D eigenvalue weighted by Crippen LogP contribution is -2.44. The van der Waals surface area contributed by atoms with Crippen LogP contribution in [-0.2, 0) is 20.7 Å². The molecule has 3 aromatic rings. The molecule has 0 bridgehead atoms. The van der Waals surface area contributed by atoms with Crippen molar-refractivity contribution in [3.05, 3.63) is 101 Å². The first-order chi connectivity index (χ1) is 18.3. The van der Waals surface area contributed by atoms with Crippen molar-refractivity contribution >= 4 is 53.2 Å². The Labute approximate surface area is 224 Å². The van der Waals surface area contributed by atoms with E-state index in [-0.39, 0.29) is 6.42 Å². The van der Waals surface area contributed by atoms with E-state index in [4.69, 9.17) is 28.0 Å². The molecule has 3 rings (SSSR count). The summed E-state index contributed by atoms with van der Waals surface area (Å²) in [5, 5.41) is 10.5. The van der Waals surface area contributed by atoms with Crippen molar-refractivity contribution in [3.63, 3.8) is 0 Å². The highest BCUT2D eigenvalue weighted by molar-refractivity contribution is 6.30. The minimum Gasteiger partial charge on any atom is -0.465 e. The molecule has 0 aliphatic carbocycles. The van der Waals surface area contributed by atoms with Crippen LogP contribution in [-0.4, -0.2) is 37.3 Å². The second kappa shape index (κ2) is 13.6. The number of halogens is 1. The number of nitrogens with two attached hydrogens (primary N) is 2. The molecule has 0 saturated heterocycles. The Hall–Kier alpha value is -4.67. The molecular weight excluding hydrogens is 508 g/mol. The molecule has 196 valence electrons. The molecule has 11 heteroatoms. The summed E-state index contributed by atoms with van der Waals surface area (Å²) < 4.78 is 4.69. The van der Waals surface area contributed by atoms with Gasteiger partial charge in [-0.1, -0.05) is 41.9 Å². The maximum Gasteiger partial charge on any atom is 0.337 e. The molecule has 0 unspecified atom stereocenters. The highest BCUT2D eigenvalue weighted by Gasteiger charge is 2.21. The summed E-state index contributed by atoms with van der Waals surface area (Å²) >= 11 is 6.11. The second-order valence-corrected chi connectivity index (χ2v) is 8.45. The van der Waals surface area contributed by atoms with Gasteiger partial charge in [-0.15, -0.1) is 0 Å². The third kappa shape index (κ3) is 7.92. The number of hydrazone groups is 1. The van der Waals surface area contributed by atoms with Gasteiger partial charge in [0.1, 0.15) is 12.4 Å². The standard InChI is InChI=1S/C27H27ClN6O4/c1-38-27(37)19-7-11-22(12-8-19)32-26(36)23(15-18-5-3-2-4-6-18)33-25(35)14-9-20-16-21(28)10-13-24(20)34(30)17-31-29/h2-14,16-17,23H,15,29-30H2,1H3,(H,32,36)(H,33,35)/b14-9+,31-17-/t23-/m0/s1. The smallest absolute Gasteiger partial charge is 0.337 e. The summed E-state index contributed by atoms with van der Waals surface area (Å²) in [7, 11) is 1.29. The van der Waals surface area contributed by atoms with Crippen LogP contribution in [0, 0.1) is 0 Å².